The van der Waals surface area contributed by atoms with Crippen LogP contribution in [0.3, 0.4) is 0 Å². The fourth-order valence-electron chi connectivity index (χ4n) is 2.62. The lowest BCUT2D eigenvalue weighted by Gasteiger charge is -2.21. The van der Waals surface area contributed by atoms with E-state index in [2.05, 4.69) is 19.2 Å². The number of nitrogens with one attached hydrogen (secondary N) is 1. The van der Waals surface area contributed by atoms with Gasteiger partial charge in [-0.25, -0.2) is 0 Å². The zero-order chi connectivity index (χ0) is 13.0. The van der Waals surface area contributed by atoms with Gasteiger partial charge in [0.15, 0.2) is 0 Å². The summed E-state index contributed by atoms with van der Waals surface area (Å²) in [6, 6.07) is 7.71. The van der Waals surface area contributed by atoms with Crippen molar-refractivity contribution in [1.29, 1.82) is 0 Å². The summed E-state index contributed by atoms with van der Waals surface area (Å²) in [5.41, 5.74) is 1.13. The zero-order valence-electron chi connectivity index (χ0n) is 11.2. The van der Waals surface area contributed by atoms with Crippen molar-refractivity contribution in [2.75, 3.05) is 13.2 Å². The van der Waals surface area contributed by atoms with Gasteiger partial charge >= 0.3 is 0 Å². The quantitative estimate of drug-likeness (QED) is 0.843. The lowest BCUT2D eigenvalue weighted by Crippen LogP contribution is -2.30. The second kappa shape index (κ2) is 6.21. The number of hydrogen-bond donors (Lipinski definition) is 2. The number of benzene rings is 1. The Morgan fingerprint density at radius 2 is 2.33 bits per heavy atom. The normalized spacial score (nSPS) is 25.2. The Morgan fingerprint density at radius 1 is 1.50 bits per heavy atom. The molecule has 1 saturated heterocycles. The van der Waals surface area contributed by atoms with Crippen LogP contribution in [0.15, 0.2) is 24.3 Å². The summed E-state index contributed by atoms with van der Waals surface area (Å²) in [7, 11) is 0. The maximum absolute atomic E-state index is 9.47. The predicted molar refractivity (Wildman–Crippen MR) is 72.7 cm³/mol. The van der Waals surface area contributed by atoms with Gasteiger partial charge in [-0.05, 0) is 43.4 Å². The molecule has 0 aromatic heterocycles. The van der Waals surface area contributed by atoms with Crippen molar-refractivity contribution in [3.63, 3.8) is 0 Å². The van der Waals surface area contributed by atoms with Crippen LogP contribution in [0.5, 0.6) is 5.75 Å². The fraction of sp³-hybridized carbons (Fsp3) is 0.600. The molecule has 0 aliphatic carbocycles. The van der Waals surface area contributed by atoms with Gasteiger partial charge in [0.2, 0.25) is 0 Å². The second-order valence-electron chi connectivity index (χ2n) is 5.09. The van der Waals surface area contributed by atoms with Crippen LogP contribution in [0.25, 0.3) is 0 Å². The fourth-order valence-corrected chi connectivity index (χ4v) is 2.62. The molecule has 100 valence electrons. The van der Waals surface area contributed by atoms with Gasteiger partial charge in [-0.2, -0.15) is 0 Å². The highest BCUT2D eigenvalue weighted by Gasteiger charge is 2.26. The Labute approximate surface area is 109 Å². The number of phenols is 1. The summed E-state index contributed by atoms with van der Waals surface area (Å²) in [5.74, 6) is 0.951. The summed E-state index contributed by atoms with van der Waals surface area (Å²) in [6.07, 6.45) is 2.65. The van der Waals surface area contributed by atoms with Crippen molar-refractivity contribution in [1.82, 2.24) is 5.32 Å². The van der Waals surface area contributed by atoms with E-state index in [9.17, 15) is 5.11 Å². The first-order valence-corrected chi connectivity index (χ1v) is 6.84. The van der Waals surface area contributed by atoms with Crippen molar-refractivity contribution in [3.8, 4) is 5.75 Å². The molecular formula is C15H23NO2. The molecule has 1 aliphatic heterocycles. The third-order valence-electron chi connectivity index (χ3n) is 3.81. The van der Waals surface area contributed by atoms with Gasteiger partial charge in [0.05, 0.1) is 6.10 Å². The minimum atomic E-state index is 0.259. The van der Waals surface area contributed by atoms with Gasteiger partial charge < -0.3 is 15.2 Å². The molecular weight excluding hydrogens is 226 g/mol. The van der Waals surface area contributed by atoms with E-state index in [0.29, 0.717) is 17.8 Å². The molecule has 1 heterocycles. The van der Waals surface area contributed by atoms with Crippen LogP contribution in [0.4, 0.5) is 0 Å². The lowest BCUT2D eigenvalue weighted by atomic mass is 9.98. The standard InChI is InChI=1S/C15H23NO2/c1-3-15-13(7-8-18-15)10-16-11(2)12-5-4-6-14(17)9-12/h4-6,9,11,13,15-17H,3,7-8,10H2,1-2H3. The summed E-state index contributed by atoms with van der Waals surface area (Å²) in [5, 5.41) is 13.0. The van der Waals surface area contributed by atoms with Crippen LogP contribution >= 0.6 is 0 Å². The van der Waals surface area contributed by atoms with Crippen molar-refractivity contribution < 1.29 is 9.84 Å². The molecule has 1 aliphatic rings. The average molecular weight is 249 g/mol. The zero-order valence-corrected chi connectivity index (χ0v) is 11.2. The highest BCUT2D eigenvalue weighted by molar-refractivity contribution is 5.28. The number of phenolic OH excluding ortho intramolecular Hbond substituents is 1. The van der Waals surface area contributed by atoms with Crippen LogP contribution in [-0.2, 0) is 4.74 Å². The molecule has 0 amide bonds. The largest absolute Gasteiger partial charge is 0.508 e. The van der Waals surface area contributed by atoms with E-state index in [-0.39, 0.29) is 6.04 Å². The number of aromatic hydroxyl groups is 1. The molecule has 1 aromatic rings. The third-order valence-corrected chi connectivity index (χ3v) is 3.81. The summed E-state index contributed by atoms with van der Waals surface area (Å²) < 4.78 is 5.69. The first-order chi connectivity index (χ1) is 8.70. The molecule has 1 aromatic carbocycles. The molecule has 3 heteroatoms. The first kappa shape index (κ1) is 13.4. The van der Waals surface area contributed by atoms with Gasteiger partial charge in [0.25, 0.3) is 0 Å². The molecule has 0 bridgehead atoms. The van der Waals surface area contributed by atoms with E-state index in [1.54, 1.807) is 6.07 Å². The Balaban J connectivity index is 1.86. The monoisotopic (exact) mass is 249 g/mol. The minimum absolute atomic E-state index is 0.259. The molecule has 3 unspecified atom stereocenters. The second-order valence-corrected chi connectivity index (χ2v) is 5.09. The number of ether oxygens (including phenoxy) is 1. The molecule has 0 saturated carbocycles. The average Bonchev–Trinajstić information content (AvgIpc) is 2.83. The summed E-state index contributed by atoms with van der Waals surface area (Å²) in [6.45, 7) is 6.19. The smallest absolute Gasteiger partial charge is 0.115 e. The van der Waals surface area contributed by atoms with Gasteiger partial charge in [0.1, 0.15) is 5.75 Å². The third kappa shape index (κ3) is 3.24. The minimum Gasteiger partial charge on any atom is -0.508 e. The van der Waals surface area contributed by atoms with E-state index >= 15 is 0 Å². The van der Waals surface area contributed by atoms with Crippen molar-refractivity contribution in [2.24, 2.45) is 5.92 Å². The Morgan fingerprint density at radius 3 is 3.06 bits per heavy atom. The van der Waals surface area contributed by atoms with Crippen molar-refractivity contribution >= 4 is 0 Å². The Kier molecular flexibility index (Phi) is 4.61. The van der Waals surface area contributed by atoms with E-state index in [1.165, 1.54) is 0 Å². The summed E-state index contributed by atoms with van der Waals surface area (Å²) >= 11 is 0. The molecule has 0 spiro atoms. The topological polar surface area (TPSA) is 41.5 Å². The van der Waals surface area contributed by atoms with Gasteiger partial charge in [-0.3, -0.25) is 0 Å². The first-order valence-electron chi connectivity index (χ1n) is 6.84. The van der Waals surface area contributed by atoms with Crippen LogP contribution in [0, 0.1) is 5.92 Å². The maximum atomic E-state index is 9.47. The van der Waals surface area contributed by atoms with E-state index < -0.39 is 0 Å². The number of rotatable bonds is 5. The van der Waals surface area contributed by atoms with Gasteiger partial charge in [-0.15, -0.1) is 0 Å². The Hall–Kier alpha value is -1.06. The van der Waals surface area contributed by atoms with Crippen LogP contribution in [0.1, 0.15) is 38.3 Å². The Bertz CT molecular complexity index is 381. The van der Waals surface area contributed by atoms with Crippen molar-refractivity contribution in [3.05, 3.63) is 29.8 Å². The molecule has 18 heavy (non-hydrogen) atoms. The molecule has 2 rings (SSSR count). The van der Waals surface area contributed by atoms with Crippen LogP contribution in [0.2, 0.25) is 0 Å². The van der Waals surface area contributed by atoms with Crippen LogP contribution < -0.4 is 5.32 Å². The van der Waals surface area contributed by atoms with Crippen molar-refractivity contribution in [2.45, 2.75) is 38.8 Å². The number of hydrogen-bond acceptors (Lipinski definition) is 3. The van der Waals surface area contributed by atoms with E-state index in [0.717, 1.165) is 31.6 Å². The molecule has 2 N–H and O–H groups in total. The van der Waals surface area contributed by atoms with Crippen LogP contribution in [-0.4, -0.2) is 24.4 Å². The molecule has 3 atom stereocenters. The van der Waals surface area contributed by atoms with E-state index in [4.69, 9.17) is 4.74 Å². The van der Waals surface area contributed by atoms with E-state index in [1.807, 2.05) is 18.2 Å². The highest BCUT2D eigenvalue weighted by Crippen LogP contribution is 2.24. The lowest BCUT2D eigenvalue weighted by molar-refractivity contribution is 0.0867. The molecule has 3 nitrogen and oxygen atoms in total. The summed E-state index contributed by atoms with van der Waals surface area (Å²) in [4.78, 5) is 0. The molecule has 1 fully saturated rings. The highest BCUT2D eigenvalue weighted by atomic mass is 16.5. The maximum Gasteiger partial charge on any atom is 0.115 e. The predicted octanol–water partition coefficient (Wildman–Crippen LogP) is 2.86. The SMILES string of the molecule is CCC1OCCC1CNC(C)c1cccc(O)c1. The molecule has 0 radical (unpaired) electrons. The van der Waals surface area contributed by atoms with Gasteiger partial charge in [-0.1, -0.05) is 19.1 Å². The van der Waals surface area contributed by atoms with Gasteiger partial charge in [0, 0.05) is 19.2 Å².